The van der Waals surface area contributed by atoms with Crippen LogP contribution in [0.2, 0.25) is 0 Å². The van der Waals surface area contributed by atoms with E-state index in [0.29, 0.717) is 12.2 Å². The number of ether oxygens (including phenoxy) is 1. The SMILES string of the molecule is CCCCc1c(Br)c2ccccn2c1C(=O)c1ccc(OCCCCN(CCCC)CCCC)c(Br)c1. The van der Waals surface area contributed by atoms with Gasteiger partial charge in [-0.1, -0.05) is 46.1 Å². The lowest BCUT2D eigenvalue weighted by Gasteiger charge is -2.21. The highest BCUT2D eigenvalue weighted by Gasteiger charge is 2.23. The fourth-order valence-electron chi connectivity index (χ4n) is 4.66. The molecule has 0 fully saturated rings. The minimum Gasteiger partial charge on any atom is -0.492 e. The van der Waals surface area contributed by atoms with Crippen molar-refractivity contribution < 1.29 is 9.53 Å². The summed E-state index contributed by atoms with van der Waals surface area (Å²) in [5, 5.41) is 0. The van der Waals surface area contributed by atoms with Gasteiger partial charge in [-0.3, -0.25) is 4.79 Å². The van der Waals surface area contributed by atoms with Gasteiger partial charge in [0.25, 0.3) is 0 Å². The molecule has 0 saturated heterocycles. The van der Waals surface area contributed by atoms with Crippen LogP contribution in [0.5, 0.6) is 5.75 Å². The molecule has 0 aliphatic carbocycles. The smallest absolute Gasteiger partial charge is 0.210 e. The summed E-state index contributed by atoms with van der Waals surface area (Å²) in [6, 6.07) is 11.7. The molecule has 0 radical (unpaired) electrons. The number of ketones is 1. The lowest BCUT2D eigenvalue weighted by molar-refractivity contribution is 0.103. The first-order valence-corrected chi connectivity index (χ1v) is 15.6. The van der Waals surface area contributed by atoms with Crippen LogP contribution in [0.3, 0.4) is 0 Å². The summed E-state index contributed by atoms with van der Waals surface area (Å²) in [6.07, 6.45) is 12.2. The molecule has 0 saturated carbocycles. The van der Waals surface area contributed by atoms with Gasteiger partial charge in [0, 0.05) is 16.2 Å². The maximum Gasteiger partial charge on any atom is 0.210 e. The Kier molecular flexibility index (Phi) is 12.7. The number of fused-ring (bicyclic) bond motifs is 1. The Balaban J connectivity index is 1.64. The third-order valence-corrected chi connectivity index (χ3v) is 8.35. The molecule has 0 N–H and O–H groups in total. The van der Waals surface area contributed by atoms with Crippen LogP contribution in [0.4, 0.5) is 0 Å². The van der Waals surface area contributed by atoms with Crippen molar-refractivity contribution in [3.05, 3.63) is 68.4 Å². The molecule has 202 valence electrons. The van der Waals surface area contributed by atoms with Gasteiger partial charge in [-0.2, -0.15) is 0 Å². The molecule has 1 aromatic carbocycles. The van der Waals surface area contributed by atoms with E-state index in [-0.39, 0.29) is 5.78 Å². The molecular formula is C31H42Br2N2O2. The number of benzene rings is 1. The Hall–Kier alpha value is -1.63. The summed E-state index contributed by atoms with van der Waals surface area (Å²) in [6.45, 7) is 10.9. The molecule has 0 amide bonds. The van der Waals surface area contributed by atoms with Crippen LogP contribution in [0.25, 0.3) is 5.52 Å². The molecule has 0 atom stereocenters. The van der Waals surface area contributed by atoms with Crippen LogP contribution in [-0.4, -0.2) is 41.3 Å². The number of unbranched alkanes of at least 4 members (excludes halogenated alkanes) is 4. The van der Waals surface area contributed by atoms with E-state index in [1.54, 1.807) is 0 Å². The van der Waals surface area contributed by atoms with Crippen molar-refractivity contribution in [3.63, 3.8) is 0 Å². The van der Waals surface area contributed by atoms with Crippen molar-refractivity contribution in [2.75, 3.05) is 26.2 Å². The molecule has 0 unspecified atom stereocenters. The topological polar surface area (TPSA) is 34.0 Å². The molecule has 0 bridgehead atoms. The predicted octanol–water partition coefficient (Wildman–Crippen LogP) is 9.10. The van der Waals surface area contributed by atoms with E-state index in [2.05, 4.69) is 63.6 Å². The highest BCUT2D eigenvalue weighted by molar-refractivity contribution is 9.11. The quantitative estimate of drug-likeness (QED) is 0.110. The van der Waals surface area contributed by atoms with Gasteiger partial charge in [-0.15, -0.1) is 0 Å². The first-order valence-electron chi connectivity index (χ1n) is 14.0. The number of halogens is 2. The van der Waals surface area contributed by atoms with Crippen LogP contribution in [0.15, 0.2) is 51.5 Å². The van der Waals surface area contributed by atoms with Gasteiger partial charge >= 0.3 is 0 Å². The van der Waals surface area contributed by atoms with Crippen molar-refractivity contribution in [1.82, 2.24) is 9.30 Å². The van der Waals surface area contributed by atoms with E-state index >= 15 is 0 Å². The number of carbonyl (C=O) groups excluding carboxylic acids is 1. The highest BCUT2D eigenvalue weighted by Crippen LogP contribution is 2.33. The van der Waals surface area contributed by atoms with Crippen LogP contribution >= 0.6 is 31.9 Å². The number of aromatic nitrogens is 1. The van der Waals surface area contributed by atoms with E-state index in [1.165, 1.54) is 38.8 Å². The Morgan fingerprint density at radius 2 is 1.59 bits per heavy atom. The van der Waals surface area contributed by atoms with Gasteiger partial charge in [-0.05, 0) is 126 Å². The summed E-state index contributed by atoms with van der Waals surface area (Å²) in [5.41, 5.74) is 3.52. The zero-order chi connectivity index (χ0) is 26.6. The standard InChI is InChI=1S/C31H42Br2N2O2/c1-4-7-14-25-29(33)27-15-10-11-21-35(27)30(25)31(36)24-16-17-28(26(32)23-24)37-22-13-12-20-34(18-8-5-2)19-9-6-3/h10-11,15-17,21,23H,4-9,12-14,18-20,22H2,1-3H3. The van der Waals surface area contributed by atoms with Crippen LogP contribution in [-0.2, 0) is 6.42 Å². The maximum absolute atomic E-state index is 13.7. The second-order valence-corrected chi connectivity index (χ2v) is 11.4. The number of hydrogen-bond donors (Lipinski definition) is 0. The van der Waals surface area contributed by atoms with Crippen LogP contribution in [0, 0.1) is 0 Å². The predicted molar refractivity (Wildman–Crippen MR) is 162 cm³/mol. The number of rotatable bonds is 17. The molecule has 2 heterocycles. The number of pyridine rings is 1. The fourth-order valence-corrected chi connectivity index (χ4v) is 5.87. The third kappa shape index (κ3) is 8.18. The normalized spacial score (nSPS) is 11.5. The Labute approximate surface area is 240 Å². The molecule has 0 spiro atoms. The second kappa shape index (κ2) is 15.7. The van der Waals surface area contributed by atoms with Gasteiger partial charge in [0.15, 0.2) is 0 Å². The maximum atomic E-state index is 13.7. The molecule has 4 nitrogen and oxygen atoms in total. The molecule has 0 aliphatic rings. The van der Waals surface area contributed by atoms with E-state index in [9.17, 15) is 4.79 Å². The molecule has 0 aliphatic heterocycles. The summed E-state index contributed by atoms with van der Waals surface area (Å²) < 4.78 is 9.94. The molecule has 3 aromatic rings. The summed E-state index contributed by atoms with van der Waals surface area (Å²) in [4.78, 5) is 16.3. The largest absolute Gasteiger partial charge is 0.492 e. The first-order chi connectivity index (χ1) is 18.0. The molecule has 37 heavy (non-hydrogen) atoms. The van der Waals surface area contributed by atoms with E-state index < -0.39 is 0 Å². The van der Waals surface area contributed by atoms with Crippen LogP contribution < -0.4 is 4.74 Å². The Morgan fingerprint density at radius 1 is 0.892 bits per heavy atom. The fraction of sp³-hybridized carbons (Fsp3) is 0.516. The number of hydrogen-bond acceptors (Lipinski definition) is 3. The molecule has 3 rings (SSSR count). The van der Waals surface area contributed by atoms with Crippen LogP contribution in [0.1, 0.15) is 93.8 Å². The third-order valence-electron chi connectivity index (χ3n) is 6.85. The van der Waals surface area contributed by atoms with Crippen molar-refractivity contribution >= 4 is 43.2 Å². The average Bonchev–Trinajstić information content (AvgIpc) is 3.19. The highest BCUT2D eigenvalue weighted by atomic mass is 79.9. The van der Waals surface area contributed by atoms with Gasteiger partial charge in [0.2, 0.25) is 5.78 Å². The molecular weight excluding hydrogens is 592 g/mol. The van der Waals surface area contributed by atoms with Gasteiger partial charge in [0.05, 0.1) is 22.3 Å². The van der Waals surface area contributed by atoms with E-state index in [1.807, 2.05) is 40.9 Å². The van der Waals surface area contributed by atoms with E-state index in [4.69, 9.17) is 4.74 Å². The van der Waals surface area contributed by atoms with Gasteiger partial charge in [-0.25, -0.2) is 0 Å². The molecule has 2 aromatic heterocycles. The van der Waals surface area contributed by atoms with Gasteiger partial charge in [0.1, 0.15) is 5.75 Å². The zero-order valence-electron chi connectivity index (χ0n) is 22.7. The summed E-state index contributed by atoms with van der Waals surface area (Å²) in [5.74, 6) is 0.822. The minimum absolute atomic E-state index is 0.0319. The second-order valence-electron chi connectivity index (χ2n) is 9.78. The van der Waals surface area contributed by atoms with E-state index in [0.717, 1.165) is 70.1 Å². The average molecular weight is 634 g/mol. The van der Waals surface area contributed by atoms with Crippen molar-refractivity contribution in [3.8, 4) is 5.75 Å². The number of nitrogens with zero attached hydrogens (tertiary/aromatic N) is 2. The number of carbonyl (C=O) groups is 1. The molecule has 6 heteroatoms. The minimum atomic E-state index is 0.0319. The zero-order valence-corrected chi connectivity index (χ0v) is 25.9. The van der Waals surface area contributed by atoms with Gasteiger partial charge < -0.3 is 14.0 Å². The Bertz CT molecular complexity index is 1130. The van der Waals surface area contributed by atoms with Crippen molar-refractivity contribution in [2.45, 2.75) is 78.6 Å². The summed E-state index contributed by atoms with van der Waals surface area (Å²) in [7, 11) is 0. The van der Waals surface area contributed by atoms with Crippen molar-refractivity contribution in [1.29, 1.82) is 0 Å². The lowest BCUT2D eigenvalue weighted by Crippen LogP contribution is -2.27. The van der Waals surface area contributed by atoms with Crippen molar-refractivity contribution in [2.24, 2.45) is 0 Å². The summed E-state index contributed by atoms with van der Waals surface area (Å²) >= 11 is 7.42. The lowest BCUT2D eigenvalue weighted by atomic mass is 10.0. The first kappa shape index (κ1) is 29.9. The monoisotopic (exact) mass is 632 g/mol. The Morgan fingerprint density at radius 3 is 2.27 bits per heavy atom.